The van der Waals surface area contributed by atoms with Crippen LogP contribution in [0.1, 0.15) is 24.8 Å². The Labute approximate surface area is 109 Å². The molecule has 3 rings (SSSR count). The SMILES string of the molecule is Nc1cccc2c1CCCN2CCOCC1CC1. The summed E-state index contributed by atoms with van der Waals surface area (Å²) in [7, 11) is 0. The van der Waals surface area contributed by atoms with E-state index < -0.39 is 0 Å². The van der Waals surface area contributed by atoms with E-state index in [1.807, 2.05) is 6.07 Å². The highest BCUT2D eigenvalue weighted by atomic mass is 16.5. The molecule has 2 N–H and O–H groups in total. The van der Waals surface area contributed by atoms with Crippen LogP contribution in [0, 0.1) is 5.92 Å². The van der Waals surface area contributed by atoms with E-state index in [-0.39, 0.29) is 0 Å². The molecule has 0 radical (unpaired) electrons. The van der Waals surface area contributed by atoms with Crippen LogP contribution in [0.4, 0.5) is 11.4 Å². The molecule has 1 fully saturated rings. The number of fused-ring (bicyclic) bond motifs is 1. The van der Waals surface area contributed by atoms with Gasteiger partial charge in [-0.1, -0.05) is 6.07 Å². The van der Waals surface area contributed by atoms with Gasteiger partial charge < -0.3 is 15.4 Å². The standard InChI is InChI=1S/C15H22N2O/c16-14-4-1-5-15-13(14)3-2-8-17(15)9-10-18-11-12-6-7-12/h1,4-5,12H,2-3,6-11,16H2. The lowest BCUT2D eigenvalue weighted by atomic mass is 10.00. The number of anilines is 2. The number of nitrogen functional groups attached to an aromatic ring is 1. The highest BCUT2D eigenvalue weighted by molar-refractivity contribution is 5.66. The molecular weight excluding hydrogens is 224 g/mol. The van der Waals surface area contributed by atoms with E-state index >= 15 is 0 Å². The predicted octanol–water partition coefficient (Wildman–Crippen LogP) is 2.45. The minimum atomic E-state index is 0.838. The second-order valence-electron chi connectivity index (χ2n) is 5.45. The van der Waals surface area contributed by atoms with Crippen molar-refractivity contribution in [3.63, 3.8) is 0 Å². The lowest BCUT2D eigenvalue weighted by molar-refractivity contribution is 0.130. The third-order valence-corrected chi connectivity index (χ3v) is 3.94. The molecule has 3 nitrogen and oxygen atoms in total. The first-order valence-electron chi connectivity index (χ1n) is 7.04. The van der Waals surface area contributed by atoms with Gasteiger partial charge in [0.2, 0.25) is 0 Å². The van der Waals surface area contributed by atoms with Crippen molar-refractivity contribution in [2.24, 2.45) is 5.92 Å². The average molecular weight is 246 g/mol. The summed E-state index contributed by atoms with van der Waals surface area (Å²) >= 11 is 0. The number of ether oxygens (including phenoxy) is 1. The quantitative estimate of drug-likeness (QED) is 0.640. The molecule has 2 aliphatic rings. The molecule has 1 aliphatic heterocycles. The van der Waals surface area contributed by atoms with E-state index in [9.17, 15) is 0 Å². The summed E-state index contributed by atoms with van der Waals surface area (Å²) in [4.78, 5) is 2.42. The van der Waals surface area contributed by atoms with Crippen LogP contribution in [0.3, 0.4) is 0 Å². The number of hydrogen-bond acceptors (Lipinski definition) is 3. The molecule has 0 amide bonds. The minimum Gasteiger partial charge on any atom is -0.398 e. The van der Waals surface area contributed by atoms with Crippen molar-refractivity contribution in [2.75, 3.05) is 36.9 Å². The summed E-state index contributed by atoms with van der Waals surface area (Å²) < 4.78 is 5.73. The summed E-state index contributed by atoms with van der Waals surface area (Å²) in [5, 5.41) is 0. The van der Waals surface area contributed by atoms with E-state index in [0.717, 1.165) is 44.3 Å². The van der Waals surface area contributed by atoms with Crippen molar-refractivity contribution in [3.8, 4) is 0 Å². The first kappa shape index (κ1) is 11.8. The summed E-state index contributed by atoms with van der Waals surface area (Å²) in [6.07, 6.45) is 5.04. The fraction of sp³-hybridized carbons (Fsp3) is 0.600. The van der Waals surface area contributed by atoms with Gasteiger partial charge in [-0.2, -0.15) is 0 Å². The van der Waals surface area contributed by atoms with Crippen LogP contribution in [0.25, 0.3) is 0 Å². The third-order valence-electron chi connectivity index (χ3n) is 3.94. The Hall–Kier alpha value is -1.22. The number of nitrogens with two attached hydrogens (primary N) is 1. The van der Waals surface area contributed by atoms with Crippen LogP contribution in [0.15, 0.2) is 18.2 Å². The number of hydrogen-bond donors (Lipinski definition) is 1. The highest BCUT2D eigenvalue weighted by Crippen LogP contribution is 2.31. The van der Waals surface area contributed by atoms with Crippen LogP contribution < -0.4 is 10.6 Å². The molecule has 0 aromatic heterocycles. The fourth-order valence-corrected chi connectivity index (χ4v) is 2.67. The highest BCUT2D eigenvalue weighted by Gasteiger charge is 2.22. The monoisotopic (exact) mass is 246 g/mol. The van der Waals surface area contributed by atoms with Gasteiger partial charge in [-0.15, -0.1) is 0 Å². The maximum Gasteiger partial charge on any atom is 0.0641 e. The number of benzene rings is 1. The van der Waals surface area contributed by atoms with Gasteiger partial charge in [-0.25, -0.2) is 0 Å². The summed E-state index contributed by atoms with van der Waals surface area (Å²) in [5.41, 5.74) is 9.63. The van der Waals surface area contributed by atoms with Crippen LogP contribution in [-0.4, -0.2) is 26.3 Å². The van der Waals surface area contributed by atoms with Crippen molar-refractivity contribution in [2.45, 2.75) is 25.7 Å². The van der Waals surface area contributed by atoms with E-state index in [2.05, 4.69) is 17.0 Å². The Balaban J connectivity index is 1.58. The first-order valence-corrected chi connectivity index (χ1v) is 7.04. The second-order valence-corrected chi connectivity index (χ2v) is 5.45. The molecule has 0 bridgehead atoms. The van der Waals surface area contributed by atoms with E-state index in [1.54, 1.807) is 0 Å². The number of rotatable bonds is 5. The molecule has 0 saturated heterocycles. The molecule has 0 unspecified atom stereocenters. The van der Waals surface area contributed by atoms with Gasteiger partial charge in [0.05, 0.1) is 6.61 Å². The molecule has 1 saturated carbocycles. The largest absolute Gasteiger partial charge is 0.398 e. The van der Waals surface area contributed by atoms with Gasteiger partial charge in [-0.3, -0.25) is 0 Å². The normalized spacial score (nSPS) is 18.8. The average Bonchev–Trinajstić information content (AvgIpc) is 3.20. The maximum atomic E-state index is 6.05. The van der Waals surface area contributed by atoms with E-state index in [1.165, 1.54) is 30.5 Å². The van der Waals surface area contributed by atoms with Crippen molar-refractivity contribution in [1.82, 2.24) is 0 Å². The molecule has 1 aliphatic carbocycles. The van der Waals surface area contributed by atoms with Crippen LogP contribution in [0.2, 0.25) is 0 Å². The summed E-state index contributed by atoms with van der Waals surface area (Å²) in [5.74, 6) is 0.856. The van der Waals surface area contributed by atoms with Crippen LogP contribution in [0.5, 0.6) is 0 Å². The number of nitrogens with zero attached hydrogens (tertiary/aromatic N) is 1. The Morgan fingerprint density at radius 2 is 2.22 bits per heavy atom. The molecular formula is C15H22N2O. The van der Waals surface area contributed by atoms with Crippen molar-refractivity contribution < 1.29 is 4.74 Å². The van der Waals surface area contributed by atoms with E-state index in [0.29, 0.717) is 0 Å². The van der Waals surface area contributed by atoms with E-state index in [4.69, 9.17) is 10.5 Å². The third kappa shape index (κ3) is 2.61. The van der Waals surface area contributed by atoms with Crippen molar-refractivity contribution in [3.05, 3.63) is 23.8 Å². The van der Waals surface area contributed by atoms with Gasteiger partial charge in [-0.05, 0) is 49.3 Å². The predicted molar refractivity (Wildman–Crippen MR) is 74.9 cm³/mol. The zero-order valence-corrected chi connectivity index (χ0v) is 10.9. The zero-order valence-electron chi connectivity index (χ0n) is 10.9. The van der Waals surface area contributed by atoms with Gasteiger partial charge >= 0.3 is 0 Å². The molecule has 98 valence electrons. The molecule has 3 heteroatoms. The van der Waals surface area contributed by atoms with Gasteiger partial charge in [0.15, 0.2) is 0 Å². The van der Waals surface area contributed by atoms with Gasteiger partial charge in [0.1, 0.15) is 0 Å². The fourth-order valence-electron chi connectivity index (χ4n) is 2.67. The van der Waals surface area contributed by atoms with Crippen LogP contribution >= 0.6 is 0 Å². The van der Waals surface area contributed by atoms with Crippen molar-refractivity contribution >= 4 is 11.4 Å². The second kappa shape index (κ2) is 5.19. The Kier molecular flexibility index (Phi) is 3.41. The minimum absolute atomic E-state index is 0.838. The van der Waals surface area contributed by atoms with Gasteiger partial charge in [0, 0.05) is 31.1 Å². The lowest BCUT2D eigenvalue weighted by Gasteiger charge is -2.31. The van der Waals surface area contributed by atoms with Crippen molar-refractivity contribution in [1.29, 1.82) is 0 Å². The molecule has 18 heavy (non-hydrogen) atoms. The Bertz CT molecular complexity index is 415. The molecule has 1 aromatic carbocycles. The first-order chi connectivity index (χ1) is 8.84. The van der Waals surface area contributed by atoms with Crippen LogP contribution in [-0.2, 0) is 11.2 Å². The summed E-state index contributed by atoms with van der Waals surface area (Å²) in [6.45, 7) is 3.91. The molecule has 0 spiro atoms. The summed E-state index contributed by atoms with van der Waals surface area (Å²) in [6, 6.07) is 6.25. The molecule has 1 heterocycles. The topological polar surface area (TPSA) is 38.5 Å². The molecule has 0 atom stereocenters. The zero-order chi connectivity index (χ0) is 12.4. The Morgan fingerprint density at radius 3 is 3.06 bits per heavy atom. The Morgan fingerprint density at radius 1 is 1.33 bits per heavy atom. The lowest BCUT2D eigenvalue weighted by Crippen LogP contribution is -2.33. The molecule has 1 aromatic rings. The van der Waals surface area contributed by atoms with Gasteiger partial charge in [0.25, 0.3) is 0 Å². The maximum absolute atomic E-state index is 6.05. The smallest absolute Gasteiger partial charge is 0.0641 e.